The van der Waals surface area contributed by atoms with Gasteiger partial charge in [0, 0.05) is 33.6 Å². The van der Waals surface area contributed by atoms with E-state index in [-0.39, 0.29) is 22.7 Å². The monoisotopic (exact) mass is 476 g/mol. The number of primary amides is 2. The van der Waals surface area contributed by atoms with Crippen LogP contribution in [0.15, 0.2) is 84.9 Å². The van der Waals surface area contributed by atoms with E-state index in [9.17, 15) is 19.2 Å². The van der Waals surface area contributed by atoms with Crippen molar-refractivity contribution in [3.05, 3.63) is 118 Å². The second-order valence-electron chi connectivity index (χ2n) is 8.25. The van der Waals surface area contributed by atoms with Crippen molar-refractivity contribution in [1.29, 1.82) is 0 Å². The Morgan fingerprint density at radius 2 is 0.889 bits per heavy atom. The third-order valence-corrected chi connectivity index (χ3v) is 5.97. The molecule has 0 unspecified atom stereocenters. The highest BCUT2D eigenvalue weighted by molar-refractivity contribution is 6.32. The molecular weight excluding hydrogens is 456 g/mol. The molecule has 0 aliphatic heterocycles. The number of ketones is 2. The summed E-state index contributed by atoms with van der Waals surface area (Å²) in [6.45, 7) is 0. The van der Waals surface area contributed by atoms with Crippen molar-refractivity contribution in [3.63, 3.8) is 0 Å². The molecule has 0 heterocycles. The lowest BCUT2D eigenvalue weighted by Crippen LogP contribution is -2.23. The summed E-state index contributed by atoms with van der Waals surface area (Å²) in [6, 6.07) is 23.1. The first-order valence-corrected chi connectivity index (χ1v) is 11.0. The first-order valence-electron chi connectivity index (χ1n) is 11.0. The smallest absolute Gasteiger partial charge is 0.248 e. The maximum Gasteiger partial charge on any atom is 0.248 e. The molecule has 0 bridgehead atoms. The fraction of sp³-hybridized carbons (Fsp3) is 0. The summed E-state index contributed by atoms with van der Waals surface area (Å²) < 4.78 is 0. The van der Waals surface area contributed by atoms with E-state index in [1.54, 1.807) is 84.9 Å². The van der Waals surface area contributed by atoms with Gasteiger partial charge in [-0.05, 0) is 60.7 Å². The third kappa shape index (κ3) is 3.97. The highest BCUT2D eigenvalue weighted by Crippen LogP contribution is 2.38. The van der Waals surface area contributed by atoms with Gasteiger partial charge in [0.2, 0.25) is 11.8 Å². The van der Waals surface area contributed by atoms with Crippen LogP contribution in [-0.2, 0) is 0 Å². The molecule has 1 aliphatic carbocycles. The van der Waals surface area contributed by atoms with Gasteiger partial charge in [-0.15, -0.1) is 0 Å². The van der Waals surface area contributed by atoms with Crippen molar-refractivity contribution in [3.8, 4) is 0 Å². The summed E-state index contributed by atoms with van der Waals surface area (Å²) in [5.74, 6) is -1.67. The maximum absolute atomic E-state index is 13.6. The summed E-state index contributed by atoms with van der Waals surface area (Å²) in [5.41, 5.74) is 14.6. The molecule has 0 aromatic heterocycles. The normalized spacial score (nSPS) is 11.9. The summed E-state index contributed by atoms with van der Waals surface area (Å²) in [4.78, 5) is 50.0. The molecule has 0 spiro atoms. The molecule has 6 N–H and O–H groups in total. The van der Waals surface area contributed by atoms with E-state index in [4.69, 9.17) is 11.5 Å². The molecule has 5 rings (SSSR count). The Morgan fingerprint density at radius 3 is 1.22 bits per heavy atom. The van der Waals surface area contributed by atoms with Crippen molar-refractivity contribution < 1.29 is 19.2 Å². The Hall–Kier alpha value is -5.24. The van der Waals surface area contributed by atoms with Crippen LogP contribution in [0.5, 0.6) is 0 Å². The summed E-state index contributed by atoms with van der Waals surface area (Å²) in [7, 11) is 0. The van der Waals surface area contributed by atoms with Crippen LogP contribution in [-0.4, -0.2) is 23.4 Å². The summed E-state index contributed by atoms with van der Waals surface area (Å²) >= 11 is 0. The van der Waals surface area contributed by atoms with E-state index in [1.165, 1.54) is 0 Å². The number of amides is 2. The molecule has 0 atom stereocenters. The van der Waals surface area contributed by atoms with Crippen LogP contribution >= 0.6 is 0 Å². The number of anilines is 4. The van der Waals surface area contributed by atoms with E-state index in [0.29, 0.717) is 45.0 Å². The lowest BCUT2D eigenvalue weighted by Gasteiger charge is -2.24. The van der Waals surface area contributed by atoms with Crippen molar-refractivity contribution in [2.45, 2.75) is 0 Å². The molecule has 0 radical (unpaired) electrons. The molecule has 1 aliphatic rings. The molecule has 4 aromatic carbocycles. The average Bonchev–Trinajstić information content (AvgIpc) is 2.88. The molecule has 36 heavy (non-hydrogen) atoms. The Bertz CT molecular complexity index is 1440. The minimum absolute atomic E-state index is 0.233. The van der Waals surface area contributed by atoms with Gasteiger partial charge in [-0.3, -0.25) is 19.2 Å². The number of hydrogen-bond acceptors (Lipinski definition) is 6. The molecule has 2 amide bonds. The zero-order valence-corrected chi connectivity index (χ0v) is 18.9. The van der Waals surface area contributed by atoms with E-state index in [2.05, 4.69) is 10.6 Å². The molecular formula is C28H20N4O4. The first-order chi connectivity index (χ1) is 17.3. The number of hydrogen-bond donors (Lipinski definition) is 4. The van der Waals surface area contributed by atoms with Gasteiger partial charge in [0.25, 0.3) is 0 Å². The number of rotatable bonds is 6. The zero-order chi connectivity index (χ0) is 25.4. The van der Waals surface area contributed by atoms with Crippen LogP contribution < -0.4 is 22.1 Å². The van der Waals surface area contributed by atoms with Gasteiger partial charge in [-0.25, -0.2) is 0 Å². The van der Waals surface area contributed by atoms with E-state index < -0.39 is 11.8 Å². The van der Waals surface area contributed by atoms with Gasteiger partial charge in [0.1, 0.15) is 0 Å². The van der Waals surface area contributed by atoms with Crippen LogP contribution in [0.1, 0.15) is 52.6 Å². The van der Waals surface area contributed by atoms with Crippen LogP contribution in [0, 0.1) is 0 Å². The predicted octanol–water partition coefficient (Wildman–Crippen LogP) is 4.15. The van der Waals surface area contributed by atoms with Gasteiger partial charge >= 0.3 is 0 Å². The Kier molecular flexibility index (Phi) is 5.54. The van der Waals surface area contributed by atoms with Crippen molar-refractivity contribution in [2.24, 2.45) is 11.5 Å². The third-order valence-electron chi connectivity index (χ3n) is 5.97. The number of nitrogens with two attached hydrogens (primary N) is 2. The minimum Gasteiger partial charge on any atom is -0.366 e. The summed E-state index contributed by atoms with van der Waals surface area (Å²) in [6.07, 6.45) is 0. The van der Waals surface area contributed by atoms with Crippen molar-refractivity contribution in [2.75, 3.05) is 10.6 Å². The minimum atomic E-state index is -0.546. The molecule has 4 aromatic rings. The van der Waals surface area contributed by atoms with E-state index in [1.807, 2.05) is 0 Å². The van der Waals surface area contributed by atoms with E-state index in [0.717, 1.165) is 0 Å². The number of benzene rings is 4. The fourth-order valence-corrected chi connectivity index (χ4v) is 4.18. The Balaban J connectivity index is 1.60. The topological polar surface area (TPSA) is 144 Å². The van der Waals surface area contributed by atoms with Crippen molar-refractivity contribution >= 4 is 46.1 Å². The van der Waals surface area contributed by atoms with Crippen LogP contribution in [0.4, 0.5) is 22.7 Å². The Morgan fingerprint density at radius 1 is 0.528 bits per heavy atom. The van der Waals surface area contributed by atoms with Crippen LogP contribution in [0.25, 0.3) is 0 Å². The van der Waals surface area contributed by atoms with Gasteiger partial charge in [-0.1, -0.05) is 24.3 Å². The maximum atomic E-state index is 13.6. The molecule has 8 heteroatoms. The van der Waals surface area contributed by atoms with E-state index >= 15 is 0 Å². The largest absolute Gasteiger partial charge is 0.366 e. The quantitative estimate of drug-likeness (QED) is 0.290. The number of carbonyl (C=O) groups excluding carboxylic acids is 4. The van der Waals surface area contributed by atoms with Crippen LogP contribution in [0.3, 0.4) is 0 Å². The second kappa shape index (κ2) is 8.84. The second-order valence-corrected chi connectivity index (χ2v) is 8.25. The van der Waals surface area contributed by atoms with Gasteiger partial charge < -0.3 is 22.1 Å². The number of fused-ring (bicyclic) bond motifs is 2. The molecule has 8 nitrogen and oxygen atoms in total. The Labute approximate surface area is 205 Å². The van der Waals surface area contributed by atoms with Crippen LogP contribution in [0.2, 0.25) is 0 Å². The highest BCUT2D eigenvalue weighted by atomic mass is 16.2. The molecule has 0 fully saturated rings. The summed E-state index contributed by atoms with van der Waals surface area (Å²) in [5, 5.41) is 6.37. The number of nitrogens with one attached hydrogen (secondary N) is 2. The highest BCUT2D eigenvalue weighted by Gasteiger charge is 2.34. The van der Waals surface area contributed by atoms with Gasteiger partial charge in [0.15, 0.2) is 11.6 Å². The zero-order valence-electron chi connectivity index (χ0n) is 18.9. The standard InChI is InChI=1S/C28H20N4O4/c29-27(35)15-5-9-17(10-6-15)31-21-13-14-22(32-18-11-7-16(8-12-18)28(30)36)24-23(21)25(33)19-3-1-2-4-20(19)26(24)34/h1-14,31-32H,(H2,29,35)(H2,30,36). The first kappa shape index (κ1) is 22.5. The van der Waals surface area contributed by atoms with Gasteiger partial charge in [-0.2, -0.15) is 0 Å². The fourth-order valence-electron chi connectivity index (χ4n) is 4.18. The molecule has 0 saturated heterocycles. The lowest BCUT2D eigenvalue weighted by atomic mass is 9.82. The SMILES string of the molecule is NC(=O)c1ccc(Nc2ccc(Nc3ccc(C(N)=O)cc3)c3c2C(=O)c2ccccc2C3=O)cc1. The number of carbonyl (C=O) groups is 4. The predicted molar refractivity (Wildman–Crippen MR) is 136 cm³/mol. The molecule has 0 saturated carbocycles. The molecule has 176 valence electrons. The average molecular weight is 476 g/mol. The lowest BCUT2D eigenvalue weighted by molar-refractivity contribution is 0.0980. The van der Waals surface area contributed by atoms with Gasteiger partial charge in [0.05, 0.1) is 22.5 Å². The van der Waals surface area contributed by atoms with Crippen molar-refractivity contribution in [1.82, 2.24) is 0 Å².